The van der Waals surface area contributed by atoms with Crippen molar-refractivity contribution in [3.05, 3.63) is 34.4 Å². The standard InChI is InChI=1S/C14H17N5OS/c15-8-12-17-11(9-21-12)14(20)18-10-4-3-5-16-13(10)19-6-1-2-7-19/h3-5,9H,1-2,6-8,15H2,(H,18,20). The lowest BCUT2D eigenvalue weighted by atomic mass is 10.3. The number of aromatic nitrogens is 2. The topological polar surface area (TPSA) is 84.1 Å². The summed E-state index contributed by atoms with van der Waals surface area (Å²) >= 11 is 1.39. The van der Waals surface area contributed by atoms with Gasteiger partial charge >= 0.3 is 0 Å². The van der Waals surface area contributed by atoms with E-state index in [-0.39, 0.29) is 5.91 Å². The number of thiazole rings is 1. The van der Waals surface area contributed by atoms with Gasteiger partial charge in [-0.2, -0.15) is 0 Å². The molecule has 0 aliphatic carbocycles. The molecule has 1 fully saturated rings. The van der Waals surface area contributed by atoms with E-state index >= 15 is 0 Å². The number of hydrogen-bond donors (Lipinski definition) is 2. The van der Waals surface area contributed by atoms with E-state index < -0.39 is 0 Å². The van der Waals surface area contributed by atoms with E-state index in [0.717, 1.165) is 42.4 Å². The third-order valence-corrected chi connectivity index (χ3v) is 4.27. The molecule has 110 valence electrons. The molecule has 0 aromatic carbocycles. The predicted octanol–water partition coefficient (Wildman–Crippen LogP) is 1.85. The van der Waals surface area contributed by atoms with E-state index in [2.05, 4.69) is 20.2 Å². The van der Waals surface area contributed by atoms with Crippen molar-refractivity contribution < 1.29 is 4.79 Å². The number of carbonyl (C=O) groups excluding carboxylic acids is 1. The molecule has 3 heterocycles. The zero-order valence-electron chi connectivity index (χ0n) is 11.6. The summed E-state index contributed by atoms with van der Waals surface area (Å²) in [6, 6.07) is 3.69. The van der Waals surface area contributed by atoms with Gasteiger partial charge in [0.1, 0.15) is 10.7 Å². The maximum absolute atomic E-state index is 12.3. The number of amides is 1. The van der Waals surface area contributed by atoms with Gasteiger partial charge in [0.05, 0.1) is 5.69 Å². The quantitative estimate of drug-likeness (QED) is 0.900. The smallest absolute Gasteiger partial charge is 0.275 e. The number of nitrogens with two attached hydrogens (primary N) is 1. The van der Waals surface area contributed by atoms with Gasteiger partial charge in [-0.3, -0.25) is 4.79 Å². The van der Waals surface area contributed by atoms with E-state index in [1.54, 1.807) is 11.6 Å². The van der Waals surface area contributed by atoms with Crippen LogP contribution in [0.25, 0.3) is 0 Å². The summed E-state index contributed by atoms with van der Waals surface area (Å²) in [5, 5.41) is 5.38. The Kier molecular flexibility index (Phi) is 4.12. The van der Waals surface area contributed by atoms with Gasteiger partial charge in [-0.05, 0) is 25.0 Å². The summed E-state index contributed by atoms with van der Waals surface area (Å²) in [4.78, 5) is 23.1. The minimum atomic E-state index is -0.223. The molecule has 1 aliphatic heterocycles. The maximum atomic E-state index is 12.3. The van der Waals surface area contributed by atoms with Crippen LogP contribution < -0.4 is 16.0 Å². The number of nitrogens with zero attached hydrogens (tertiary/aromatic N) is 3. The van der Waals surface area contributed by atoms with Crippen LogP contribution in [0.3, 0.4) is 0 Å². The molecule has 0 radical (unpaired) electrons. The minimum absolute atomic E-state index is 0.223. The molecule has 2 aromatic rings. The van der Waals surface area contributed by atoms with Crippen molar-refractivity contribution in [2.24, 2.45) is 5.73 Å². The Balaban J connectivity index is 1.79. The molecule has 0 spiro atoms. The monoisotopic (exact) mass is 303 g/mol. The van der Waals surface area contributed by atoms with E-state index in [4.69, 9.17) is 5.73 Å². The molecular weight excluding hydrogens is 286 g/mol. The molecule has 6 nitrogen and oxygen atoms in total. The fourth-order valence-corrected chi connectivity index (χ4v) is 3.03. The molecule has 0 atom stereocenters. The first-order valence-corrected chi connectivity index (χ1v) is 7.81. The Morgan fingerprint density at radius 1 is 1.43 bits per heavy atom. The average molecular weight is 303 g/mol. The van der Waals surface area contributed by atoms with Gasteiger partial charge in [0.25, 0.3) is 5.91 Å². The van der Waals surface area contributed by atoms with Crippen LogP contribution in [0.2, 0.25) is 0 Å². The summed E-state index contributed by atoms with van der Waals surface area (Å²) < 4.78 is 0. The van der Waals surface area contributed by atoms with E-state index in [0.29, 0.717) is 12.2 Å². The molecule has 0 saturated carbocycles. The van der Waals surface area contributed by atoms with Gasteiger partial charge in [0.15, 0.2) is 5.82 Å². The second-order valence-electron chi connectivity index (χ2n) is 4.85. The summed E-state index contributed by atoms with van der Waals surface area (Å²) in [5.74, 6) is 0.608. The first-order chi connectivity index (χ1) is 10.3. The largest absolute Gasteiger partial charge is 0.355 e. The molecule has 2 aromatic heterocycles. The molecule has 0 unspecified atom stereocenters. The number of pyridine rings is 1. The van der Waals surface area contributed by atoms with Gasteiger partial charge < -0.3 is 16.0 Å². The van der Waals surface area contributed by atoms with Crippen LogP contribution in [-0.4, -0.2) is 29.0 Å². The second kappa shape index (κ2) is 6.19. The van der Waals surface area contributed by atoms with Crippen molar-refractivity contribution in [1.82, 2.24) is 9.97 Å². The first-order valence-electron chi connectivity index (χ1n) is 6.93. The Bertz CT molecular complexity index is 636. The van der Waals surface area contributed by atoms with Gasteiger partial charge in [-0.15, -0.1) is 11.3 Å². The number of nitrogens with one attached hydrogen (secondary N) is 1. The number of anilines is 2. The third-order valence-electron chi connectivity index (χ3n) is 3.40. The second-order valence-corrected chi connectivity index (χ2v) is 5.80. The Labute approximate surface area is 127 Å². The lowest BCUT2D eigenvalue weighted by molar-refractivity contribution is 0.102. The first kappa shape index (κ1) is 14.0. The Hall–Kier alpha value is -1.99. The van der Waals surface area contributed by atoms with Crippen molar-refractivity contribution in [3.63, 3.8) is 0 Å². The summed E-state index contributed by atoms with van der Waals surface area (Å²) in [5.41, 5.74) is 6.65. The van der Waals surface area contributed by atoms with E-state index in [9.17, 15) is 4.79 Å². The van der Waals surface area contributed by atoms with Crippen molar-refractivity contribution in [2.45, 2.75) is 19.4 Å². The zero-order valence-corrected chi connectivity index (χ0v) is 12.4. The van der Waals surface area contributed by atoms with Crippen LogP contribution in [0.4, 0.5) is 11.5 Å². The molecular formula is C14H17N5OS. The maximum Gasteiger partial charge on any atom is 0.275 e. The van der Waals surface area contributed by atoms with Crippen molar-refractivity contribution in [1.29, 1.82) is 0 Å². The average Bonchev–Trinajstić information content (AvgIpc) is 3.19. The summed E-state index contributed by atoms with van der Waals surface area (Å²) in [6.45, 7) is 2.31. The van der Waals surface area contributed by atoms with E-state index in [1.165, 1.54) is 11.3 Å². The van der Waals surface area contributed by atoms with Crippen LogP contribution in [0.5, 0.6) is 0 Å². The molecule has 3 rings (SSSR count). The third kappa shape index (κ3) is 3.03. The Morgan fingerprint density at radius 3 is 2.95 bits per heavy atom. The van der Waals surface area contributed by atoms with Crippen LogP contribution in [0, 0.1) is 0 Å². The van der Waals surface area contributed by atoms with Crippen molar-refractivity contribution in [3.8, 4) is 0 Å². The van der Waals surface area contributed by atoms with Crippen LogP contribution in [-0.2, 0) is 6.54 Å². The molecule has 1 aliphatic rings. The molecule has 1 saturated heterocycles. The highest BCUT2D eigenvalue weighted by molar-refractivity contribution is 7.09. The highest BCUT2D eigenvalue weighted by Gasteiger charge is 2.19. The molecule has 0 bridgehead atoms. The molecule has 21 heavy (non-hydrogen) atoms. The highest BCUT2D eigenvalue weighted by atomic mass is 32.1. The normalized spacial score (nSPS) is 14.4. The SMILES string of the molecule is NCc1nc(C(=O)Nc2cccnc2N2CCCC2)cs1. The zero-order chi connectivity index (χ0) is 14.7. The molecule has 7 heteroatoms. The fourth-order valence-electron chi connectivity index (χ4n) is 2.37. The number of carbonyl (C=O) groups is 1. The summed E-state index contributed by atoms with van der Waals surface area (Å²) in [7, 11) is 0. The van der Waals surface area contributed by atoms with Crippen LogP contribution in [0.1, 0.15) is 28.3 Å². The predicted molar refractivity (Wildman–Crippen MR) is 83.6 cm³/mol. The minimum Gasteiger partial charge on any atom is -0.355 e. The lowest BCUT2D eigenvalue weighted by Crippen LogP contribution is -2.22. The van der Waals surface area contributed by atoms with Gasteiger partial charge in [-0.1, -0.05) is 0 Å². The van der Waals surface area contributed by atoms with Gasteiger partial charge in [0, 0.05) is 31.2 Å². The summed E-state index contributed by atoms with van der Waals surface area (Å²) in [6.07, 6.45) is 4.07. The van der Waals surface area contributed by atoms with Crippen LogP contribution >= 0.6 is 11.3 Å². The van der Waals surface area contributed by atoms with Crippen LogP contribution in [0.15, 0.2) is 23.7 Å². The van der Waals surface area contributed by atoms with Gasteiger partial charge in [0.2, 0.25) is 0 Å². The highest BCUT2D eigenvalue weighted by Crippen LogP contribution is 2.26. The molecule has 1 amide bonds. The van der Waals surface area contributed by atoms with Crippen molar-refractivity contribution in [2.75, 3.05) is 23.3 Å². The van der Waals surface area contributed by atoms with E-state index in [1.807, 2.05) is 12.1 Å². The lowest BCUT2D eigenvalue weighted by Gasteiger charge is -2.19. The fraction of sp³-hybridized carbons (Fsp3) is 0.357. The molecule has 3 N–H and O–H groups in total. The Morgan fingerprint density at radius 2 is 2.24 bits per heavy atom. The van der Waals surface area contributed by atoms with Crippen molar-refractivity contribution >= 4 is 28.7 Å². The van der Waals surface area contributed by atoms with Gasteiger partial charge in [-0.25, -0.2) is 9.97 Å². The number of rotatable bonds is 4. The number of hydrogen-bond acceptors (Lipinski definition) is 6.